The molecule has 0 aliphatic carbocycles. The third-order valence-corrected chi connectivity index (χ3v) is 5.93. The molecule has 148 valence electrons. The van der Waals surface area contributed by atoms with E-state index in [0.29, 0.717) is 0 Å². The lowest BCUT2D eigenvalue weighted by Gasteiger charge is -2.28. The standard InChI is InChI=1S/C28H30O/c1-17(2)29-28(26-20(5)15-18(3)22-11-7-9-13-24(22)26)27-21(6)16-19(4)23-12-8-10-14-25(23)27/h7-17,28H,1-6H3. The first-order chi connectivity index (χ1) is 13.9. The van der Waals surface area contributed by atoms with E-state index in [0.717, 1.165) is 0 Å². The highest BCUT2D eigenvalue weighted by Crippen LogP contribution is 2.41. The number of ether oxygens (including phenoxy) is 1. The Hall–Kier alpha value is -2.64. The van der Waals surface area contributed by atoms with Gasteiger partial charge in [-0.1, -0.05) is 60.7 Å². The van der Waals surface area contributed by atoms with E-state index < -0.39 is 0 Å². The molecule has 4 aromatic carbocycles. The Bertz CT molecular complexity index is 1110. The Morgan fingerprint density at radius 1 is 0.552 bits per heavy atom. The number of rotatable bonds is 4. The molecule has 0 bridgehead atoms. The smallest absolute Gasteiger partial charge is 0.110 e. The second kappa shape index (κ2) is 7.65. The maximum Gasteiger partial charge on any atom is 0.110 e. The quantitative estimate of drug-likeness (QED) is 0.351. The lowest BCUT2D eigenvalue weighted by Crippen LogP contribution is -2.15. The van der Waals surface area contributed by atoms with E-state index >= 15 is 0 Å². The predicted molar refractivity (Wildman–Crippen MR) is 125 cm³/mol. The first-order valence-corrected chi connectivity index (χ1v) is 10.5. The topological polar surface area (TPSA) is 9.23 Å². The van der Waals surface area contributed by atoms with Gasteiger partial charge in [0, 0.05) is 0 Å². The van der Waals surface area contributed by atoms with E-state index in [1.165, 1.54) is 54.9 Å². The van der Waals surface area contributed by atoms with Crippen LogP contribution in [0.5, 0.6) is 0 Å². The molecule has 0 heterocycles. The summed E-state index contributed by atoms with van der Waals surface area (Å²) >= 11 is 0. The van der Waals surface area contributed by atoms with Crippen molar-refractivity contribution in [1.29, 1.82) is 0 Å². The van der Waals surface area contributed by atoms with E-state index in [1.54, 1.807) is 0 Å². The summed E-state index contributed by atoms with van der Waals surface area (Å²) < 4.78 is 6.68. The van der Waals surface area contributed by atoms with Gasteiger partial charge in [-0.05, 0) is 96.5 Å². The van der Waals surface area contributed by atoms with Gasteiger partial charge < -0.3 is 4.74 Å². The van der Waals surface area contributed by atoms with E-state index in [-0.39, 0.29) is 12.2 Å². The van der Waals surface area contributed by atoms with Crippen LogP contribution in [0, 0.1) is 27.7 Å². The minimum atomic E-state index is -0.106. The molecule has 0 amide bonds. The van der Waals surface area contributed by atoms with Gasteiger partial charge in [0.2, 0.25) is 0 Å². The van der Waals surface area contributed by atoms with Crippen molar-refractivity contribution in [2.75, 3.05) is 0 Å². The minimum absolute atomic E-state index is 0.106. The van der Waals surface area contributed by atoms with Crippen molar-refractivity contribution in [3.8, 4) is 0 Å². The molecule has 1 nitrogen and oxygen atoms in total. The number of aryl methyl sites for hydroxylation is 4. The molecule has 4 aromatic rings. The molecule has 0 aliphatic heterocycles. The molecule has 0 atom stereocenters. The Morgan fingerprint density at radius 2 is 0.931 bits per heavy atom. The SMILES string of the molecule is Cc1cc(C)c2ccccc2c1C(OC(C)C)c1c(C)cc(C)c2ccccc12. The van der Waals surface area contributed by atoms with Gasteiger partial charge >= 0.3 is 0 Å². The van der Waals surface area contributed by atoms with E-state index in [2.05, 4.69) is 102 Å². The lowest BCUT2D eigenvalue weighted by atomic mass is 9.85. The molecule has 0 radical (unpaired) electrons. The highest BCUT2D eigenvalue weighted by Gasteiger charge is 2.25. The average Bonchev–Trinajstić information content (AvgIpc) is 2.67. The molecule has 0 spiro atoms. The molecule has 0 aromatic heterocycles. The van der Waals surface area contributed by atoms with Crippen LogP contribution in [-0.2, 0) is 4.74 Å². The zero-order valence-corrected chi connectivity index (χ0v) is 18.3. The predicted octanol–water partition coefficient (Wildman–Crippen LogP) is 7.74. The molecule has 1 heteroatoms. The highest BCUT2D eigenvalue weighted by molar-refractivity contribution is 5.93. The van der Waals surface area contributed by atoms with Crippen molar-refractivity contribution in [3.63, 3.8) is 0 Å². The Balaban J connectivity index is 2.10. The summed E-state index contributed by atoms with van der Waals surface area (Å²) in [7, 11) is 0. The summed E-state index contributed by atoms with van der Waals surface area (Å²) in [5.74, 6) is 0. The van der Waals surface area contributed by atoms with Crippen LogP contribution in [0.1, 0.15) is 53.3 Å². The normalized spacial score (nSPS) is 11.9. The summed E-state index contributed by atoms with van der Waals surface area (Å²) in [5.41, 5.74) is 7.78. The largest absolute Gasteiger partial charge is 0.366 e. The highest BCUT2D eigenvalue weighted by atomic mass is 16.5. The number of hydrogen-bond acceptors (Lipinski definition) is 1. The Kier molecular flexibility index (Phi) is 5.19. The van der Waals surface area contributed by atoms with Crippen LogP contribution in [0.2, 0.25) is 0 Å². The monoisotopic (exact) mass is 382 g/mol. The van der Waals surface area contributed by atoms with Crippen LogP contribution in [-0.4, -0.2) is 6.10 Å². The summed E-state index contributed by atoms with van der Waals surface area (Å²) in [6, 6.07) is 22.1. The van der Waals surface area contributed by atoms with Crippen molar-refractivity contribution >= 4 is 21.5 Å². The van der Waals surface area contributed by atoms with E-state index in [4.69, 9.17) is 4.74 Å². The van der Waals surface area contributed by atoms with Crippen molar-refractivity contribution < 1.29 is 4.74 Å². The zero-order chi connectivity index (χ0) is 20.7. The molecule has 0 unspecified atom stereocenters. The van der Waals surface area contributed by atoms with Gasteiger partial charge in [-0.25, -0.2) is 0 Å². The third kappa shape index (κ3) is 3.45. The minimum Gasteiger partial charge on any atom is -0.366 e. The van der Waals surface area contributed by atoms with Gasteiger partial charge in [0.25, 0.3) is 0 Å². The first-order valence-electron chi connectivity index (χ1n) is 10.5. The number of hydrogen-bond donors (Lipinski definition) is 0. The number of benzene rings is 4. The molecule has 0 saturated carbocycles. The van der Waals surface area contributed by atoms with Crippen LogP contribution in [0.15, 0.2) is 60.7 Å². The second-order valence-corrected chi connectivity index (χ2v) is 8.50. The van der Waals surface area contributed by atoms with Crippen LogP contribution >= 0.6 is 0 Å². The molecule has 0 fully saturated rings. The Morgan fingerprint density at radius 3 is 1.31 bits per heavy atom. The molecular formula is C28H30O. The van der Waals surface area contributed by atoms with Crippen molar-refractivity contribution in [3.05, 3.63) is 94.0 Å². The van der Waals surface area contributed by atoms with Gasteiger partial charge in [0.05, 0.1) is 6.10 Å². The van der Waals surface area contributed by atoms with Gasteiger partial charge in [-0.2, -0.15) is 0 Å². The van der Waals surface area contributed by atoms with E-state index in [9.17, 15) is 0 Å². The van der Waals surface area contributed by atoms with Crippen molar-refractivity contribution in [2.24, 2.45) is 0 Å². The maximum atomic E-state index is 6.68. The fraction of sp³-hybridized carbons (Fsp3) is 0.286. The van der Waals surface area contributed by atoms with Crippen molar-refractivity contribution in [1.82, 2.24) is 0 Å². The Labute approximate surface area is 174 Å². The average molecular weight is 383 g/mol. The van der Waals surface area contributed by atoms with Crippen LogP contribution in [0.3, 0.4) is 0 Å². The molecule has 0 aliphatic rings. The molecular weight excluding hydrogens is 352 g/mol. The van der Waals surface area contributed by atoms with E-state index in [1.807, 2.05) is 0 Å². The summed E-state index contributed by atoms with van der Waals surface area (Å²) in [5, 5.41) is 5.19. The molecule has 4 rings (SSSR count). The van der Waals surface area contributed by atoms with Crippen molar-refractivity contribution in [2.45, 2.75) is 53.8 Å². The maximum absolute atomic E-state index is 6.68. The first kappa shape index (κ1) is 19.7. The molecule has 0 saturated heterocycles. The zero-order valence-electron chi connectivity index (χ0n) is 18.3. The lowest BCUT2D eigenvalue weighted by molar-refractivity contribution is 0.0313. The van der Waals surface area contributed by atoms with Gasteiger partial charge in [-0.3, -0.25) is 0 Å². The van der Waals surface area contributed by atoms with Crippen LogP contribution in [0.4, 0.5) is 0 Å². The van der Waals surface area contributed by atoms with Gasteiger partial charge in [0.1, 0.15) is 6.10 Å². The fourth-order valence-electron chi connectivity index (χ4n) is 4.76. The molecule has 29 heavy (non-hydrogen) atoms. The third-order valence-electron chi connectivity index (χ3n) is 5.93. The summed E-state index contributed by atoms with van der Waals surface area (Å²) in [6.45, 7) is 13.1. The van der Waals surface area contributed by atoms with Crippen LogP contribution < -0.4 is 0 Å². The van der Waals surface area contributed by atoms with Crippen LogP contribution in [0.25, 0.3) is 21.5 Å². The second-order valence-electron chi connectivity index (χ2n) is 8.50. The summed E-state index contributed by atoms with van der Waals surface area (Å²) in [6.07, 6.45) is 0.0185. The fourth-order valence-corrected chi connectivity index (χ4v) is 4.76. The molecule has 0 N–H and O–H groups in total. The van der Waals surface area contributed by atoms with Gasteiger partial charge in [-0.15, -0.1) is 0 Å². The number of fused-ring (bicyclic) bond motifs is 2. The summed E-state index contributed by atoms with van der Waals surface area (Å²) in [4.78, 5) is 0. The van der Waals surface area contributed by atoms with Gasteiger partial charge in [0.15, 0.2) is 0 Å².